The molecule has 0 aliphatic carbocycles. The summed E-state index contributed by atoms with van der Waals surface area (Å²) < 4.78 is 5.21. The van der Waals surface area contributed by atoms with Crippen LogP contribution >= 0.6 is 0 Å². The van der Waals surface area contributed by atoms with Gasteiger partial charge in [-0.3, -0.25) is 0 Å². The number of aliphatic hydroxyl groups is 1. The van der Waals surface area contributed by atoms with Crippen LogP contribution in [0.5, 0.6) is 0 Å². The zero-order valence-corrected chi connectivity index (χ0v) is 9.69. The van der Waals surface area contributed by atoms with E-state index in [0.717, 1.165) is 26.0 Å². The summed E-state index contributed by atoms with van der Waals surface area (Å²) in [6.07, 6.45) is 1.47. The van der Waals surface area contributed by atoms with Crippen molar-refractivity contribution in [1.29, 1.82) is 0 Å². The van der Waals surface area contributed by atoms with Gasteiger partial charge in [0.2, 0.25) is 0 Å². The lowest BCUT2D eigenvalue weighted by molar-refractivity contribution is 0.128. The number of amides is 2. The molecule has 0 aromatic heterocycles. The summed E-state index contributed by atoms with van der Waals surface area (Å²) in [5, 5.41) is 12.4. The van der Waals surface area contributed by atoms with E-state index in [9.17, 15) is 9.90 Å². The second kappa shape index (κ2) is 5.01. The van der Waals surface area contributed by atoms with Crippen LogP contribution in [0.4, 0.5) is 4.79 Å². The zero-order valence-electron chi connectivity index (χ0n) is 9.69. The zero-order chi connectivity index (χ0) is 11.5. The van der Waals surface area contributed by atoms with E-state index in [1.807, 2.05) is 0 Å². The molecule has 0 aromatic rings. The van der Waals surface area contributed by atoms with Crippen molar-refractivity contribution < 1.29 is 14.6 Å². The van der Waals surface area contributed by atoms with Crippen LogP contribution in [-0.4, -0.2) is 54.5 Å². The molecular formula is C11H20N2O3. The lowest BCUT2D eigenvalue weighted by atomic mass is 10.0. The molecule has 2 rings (SSSR count). The summed E-state index contributed by atoms with van der Waals surface area (Å²) in [6, 6.07) is 0.150. The molecule has 16 heavy (non-hydrogen) atoms. The molecule has 2 saturated heterocycles. The summed E-state index contributed by atoms with van der Waals surface area (Å²) >= 11 is 0. The average Bonchev–Trinajstić information content (AvgIpc) is 2.86. The van der Waals surface area contributed by atoms with Gasteiger partial charge < -0.3 is 20.1 Å². The van der Waals surface area contributed by atoms with Crippen molar-refractivity contribution in [2.24, 2.45) is 5.92 Å². The summed E-state index contributed by atoms with van der Waals surface area (Å²) in [7, 11) is 0. The van der Waals surface area contributed by atoms with Crippen molar-refractivity contribution in [3.8, 4) is 0 Å². The van der Waals surface area contributed by atoms with Crippen LogP contribution in [0.25, 0.3) is 0 Å². The highest BCUT2D eigenvalue weighted by atomic mass is 16.5. The van der Waals surface area contributed by atoms with Gasteiger partial charge in [-0.15, -0.1) is 0 Å². The monoisotopic (exact) mass is 228 g/mol. The lowest BCUT2D eigenvalue weighted by Crippen LogP contribution is -2.44. The van der Waals surface area contributed by atoms with Gasteiger partial charge >= 0.3 is 6.03 Å². The number of carbonyl (C=O) groups is 1. The molecule has 2 N–H and O–H groups in total. The maximum absolute atomic E-state index is 11.8. The van der Waals surface area contributed by atoms with Gasteiger partial charge in [0, 0.05) is 25.6 Å². The molecule has 2 aliphatic heterocycles. The predicted molar refractivity (Wildman–Crippen MR) is 59.1 cm³/mol. The van der Waals surface area contributed by atoms with E-state index in [1.54, 1.807) is 11.8 Å². The topological polar surface area (TPSA) is 61.8 Å². The summed E-state index contributed by atoms with van der Waals surface area (Å²) in [5.41, 5.74) is 0. The summed E-state index contributed by atoms with van der Waals surface area (Å²) in [4.78, 5) is 13.6. The van der Waals surface area contributed by atoms with E-state index in [2.05, 4.69) is 5.32 Å². The van der Waals surface area contributed by atoms with Crippen LogP contribution in [0.2, 0.25) is 0 Å². The van der Waals surface area contributed by atoms with Crippen molar-refractivity contribution in [3.63, 3.8) is 0 Å². The molecule has 0 radical (unpaired) electrons. The Morgan fingerprint density at radius 2 is 2.38 bits per heavy atom. The van der Waals surface area contributed by atoms with Crippen molar-refractivity contribution in [3.05, 3.63) is 0 Å². The molecule has 2 heterocycles. The smallest absolute Gasteiger partial charge is 0.317 e. The molecule has 2 aliphatic rings. The molecule has 3 atom stereocenters. The first-order valence-electron chi connectivity index (χ1n) is 5.98. The van der Waals surface area contributed by atoms with Gasteiger partial charge in [-0.2, -0.15) is 0 Å². The second-order valence-corrected chi connectivity index (χ2v) is 4.75. The molecule has 92 valence electrons. The third-order valence-electron chi connectivity index (χ3n) is 3.45. The first-order chi connectivity index (χ1) is 7.66. The fourth-order valence-electron chi connectivity index (χ4n) is 2.28. The van der Waals surface area contributed by atoms with E-state index in [4.69, 9.17) is 4.74 Å². The number of nitrogens with one attached hydrogen (secondary N) is 1. The first-order valence-corrected chi connectivity index (χ1v) is 5.98. The molecule has 0 saturated carbocycles. The summed E-state index contributed by atoms with van der Waals surface area (Å²) in [5.74, 6) is 0.227. The highest BCUT2D eigenvalue weighted by Crippen LogP contribution is 2.19. The van der Waals surface area contributed by atoms with Gasteiger partial charge in [0.1, 0.15) is 0 Å². The Balaban J connectivity index is 1.77. The maximum atomic E-state index is 11.8. The number of hydrogen-bond donors (Lipinski definition) is 2. The van der Waals surface area contributed by atoms with Crippen LogP contribution in [0, 0.1) is 5.92 Å². The number of likely N-dealkylation sites (tertiary alicyclic amines) is 1. The normalized spacial score (nSPS) is 31.8. The van der Waals surface area contributed by atoms with Crippen LogP contribution < -0.4 is 5.32 Å². The van der Waals surface area contributed by atoms with E-state index in [0.29, 0.717) is 13.2 Å². The minimum atomic E-state index is -0.326. The van der Waals surface area contributed by atoms with E-state index < -0.39 is 0 Å². The van der Waals surface area contributed by atoms with Crippen LogP contribution in [-0.2, 0) is 4.74 Å². The van der Waals surface area contributed by atoms with E-state index >= 15 is 0 Å². The van der Waals surface area contributed by atoms with Gasteiger partial charge in [0.15, 0.2) is 0 Å². The molecule has 5 heteroatoms. The van der Waals surface area contributed by atoms with Gasteiger partial charge in [-0.25, -0.2) is 4.79 Å². The number of urea groups is 1. The summed E-state index contributed by atoms with van der Waals surface area (Å²) in [6.45, 7) is 4.56. The molecular weight excluding hydrogens is 208 g/mol. The van der Waals surface area contributed by atoms with Crippen molar-refractivity contribution >= 4 is 6.03 Å². The van der Waals surface area contributed by atoms with Crippen LogP contribution in [0.15, 0.2) is 0 Å². The van der Waals surface area contributed by atoms with Crippen LogP contribution in [0.1, 0.15) is 19.8 Å². The maximum Gasteiger partial charge on any atom is 0.317 e. The van der Waals surface area contributed by atoms with Gasteiger partial charge in [-0.1, -0.05) is 0 Å². The number of aliphatic hydroxyl groups excluding tert-OH is 1. The minimum Gasteiger partial charge on any atom is -0.393 e. The third-order valence-corrected chi connectivity index (χ3v) is 3.45. The SMILES string of the molecule is CC(O)C1CCN(C(=O)NC2CCOC2)C1. The van der Waals surface area contributed by atoms with Crippen molar-refractivity contribution in [1.82, 2.24) is 10.2 Å². The predicted octanol–water partition coefficient (Wildman–Crippen LogP) is 0.188. The molecule has 0 spiro atoms. The number of rotatable bonds is 2. The average molecular weight is 228 g/mol. The Labute approximate surface area is 95.8 Å². The Morgan fingerprint density at radius 1 is 1.56 bits per heavy atom. The lowest BCUT2D eigenvalue weighted by Gasteiger charge is -2.20. The fourth-order valence-corrected chi connectivity index (χ4v) is 2.28. The quantitative estimate of drug-likeness (QED) is 0.709. The third kappa shape index (κ3) is 2.65. The largest absolute Gasteiger partial charge is 0.393 e. The molecule has 0 bridgehead atoms. The van der Waals surface area contributed by atoms with Crippen molar-refractivity contribution in [2.75, 3.05) is 26.3 Å². The number of carbonyl (C=O) groups excluding carboxylic acids is 1. The Kier molecular flexibility index (Phi) is 3.66. The van der Waals surface area contributed by atoms with Crippen LogP contribution in [0.3, 0.4) is 0 Å². The Morgan fingerprint density at radius 3 is 2.94 bits per heavy atom. The first kappa shape index (κ1) is 11.7. The highest BCUT2D eigenvalue weighted by molar-refractivity contribution is 5.74. The molecule has 2 fully saturated rings. The minimum absolute atomic E-state index is 0.0151. The Hall–Kier alpha value is -0.810. The van der Waals surface area contributed by atoms with E-state index in [1.165, 1.54) is 0 Å². The standard InChI is InChI=1S/C11H20N2O3/c1-8(14)9-2-4-13(6-9)11(15)12-10-3-5-16-7-10/h8-10,14H,2-7H2,1H3,(H,12,15). The van der Waals surface area contributed by atoms with Gasteiger partial charge in [-0.05, 0) is 19.8 Å². The number of nitrogens with zero attached hydrogens (tertiary/aromatic N) is 1. The van der Waals surface area contributed by atoms with E-state index in [-0.39, 0.29) is 24.1 Å². The number of ether oxygens (including phenoxy) is 1. The molecule has 3 unspecified atom stereocenters. The van der Waals surface area contributed by atoms with Gasteiger partial charge in [0.25, 0.3) is 0 Å². The molecule has 2 amide bonds. The van der Waals surface area contributed by atoms with Gasteiger partial charge in [0.05, 0.1) is 18.8 Å². The fraction of sp³-hybridized carbons (Fsp3) is 0.909. The number of hydrogen-bond acceptors (Lipinski definition) is 3. The van der Waals surface area contributed by atoms with Crippen molar-refractivity contribution in [2.45, 2.75) is 31.9 Å². The second-order valence-electron chi connectivity index (χ2n) is 4.75. The highest BCUT2D eigenvalue weighted by Gasteiger charge is 2.30. The molecule has 0 aromatic carbocycles. The molecule has 5 nitrogen and oxygen atoms in total. The Bertz CT molecular complexity index is 252.